The number of rotatable bonds is 8. The van der Waals surface area contributed by atoms with E-state index in [0.29, 0.717) is 0 Å². The van der Waals surface area contributed by atoms with Crippen LogP contribution in [-0.4, -0.2) is 47.6 Å². The van der Waals surface area contributed by atoms with Gasteiger partial charge in [0.25, 0.3) is 0 Å². The SMILES string of the molecule is O=C(NCCCCC(F)(F)F)NCCC(O)C(=O)O. The molecule has 0 aliphatic rings. The fourth-order valence-corrected chi connectivity index (χ4v) is 1.16. The third-order valence-electron chi connectivity index (χ3n) is 2.16. The summed E-state index contributed by atoms with van der Waals surface area (Å²) in [6, 6.07) is -0.607. The highest BCUT2D eigenvalue weighted by molar-refractivity contribution is 5.74. The van der Waals surface area contributed by atoms with Gasteiger partial charge < -0.3 is 20.8 Å². The van der Waals surface area contributed by atoms with Gasteiger partial charge in [0.1, 0.15) is 0 Å². The lowest BCUT2D eigenvalue weighted by Crippen LogP contribution is -2.38. The molecule has 0 heterocycles. The molecule has 0 aromatic carbocycles. The minimum Gasteiger partial charge on any atom is -0.479 e. The van der Waals surface area contributed by atoms with Gasteiger partial charge in [-0.25, -0.2) is 9.59 Å². The molecule has 9 heteroatoms. The summed E-state index contributed by atoms with van der Waals surface area (Å²) < 4.78 is 35.3. The standard InChI is InChI=1S/C10H17F3N2O4/c11-10(12,13)4-1-2-5-14-9(19)15-6-3-7(16)8(17)18/h7,16H,1-6H2,(H,17,18)(H2,14,15,19). The van der Waals surface area contributed by atoms with Crippen molar-refractivity contribution in [2.24, 2.45) is 0 Å². The quantitative estimate of drug-likeness (QED) is 0.497. The van der Waals surface area contributed by atoms with Crippen molar-refractivity contribution in [1.82, 2.24) is 10.6 Å². The number of carboxylic acids is 1. The number of nitrogens with one attached hydrogen (secondary N) is 2. The van der Waals surface area contributed by atoms with Crippen LogP contribution in [0, 0.1) is 0 Å². The number of aliphatic carboxylic acids is 1. The molecular formula is C10H17F3N2O4. The van der Waals surface area contributed by atoms with Gasteiger partial charge in [0.2, 0.25) is 0 Å². The van der Waals surface area contributed by atoms with Crippen molar-refractivity contribution in [1.29, 1.82) is 0 Å². The number of aliphatic hydroxyl groups is 1. The molecule has 0 spiro atoms. The molecule has 4 N–H and O–H groups in total. The van der Waals surface area contributed by atoms with Crippen LogP contribution in [-0.2, 0) is 4.79 Å². The molecule has 0 aliphatic heterocycles. The summed E-state index contributed by atoms with van der Waals surface area (Å²) in [5.74, 6) is -1.38. The molecule has 0 saturated carbocycles. The van der Waals surface area contributed by atoms with Crippen molar-refractivity contribution in [3.05, 3.63) is 0 Å². The Labute approximate surface area is 108 Å². The molecule has 0 radical (unpaired) electrons. The average molecular weight is 286 g/mol. The second kappa shape index (κ2) is 8.57. The van der Waals surface area contributed by atoms with Crippen LogP contribution in [0.3, 0.4) is 0 Å². The molecule has 0 aromatic heterocycles. The van der Waals surface area contributed by atoms with Gasteiger partial charge in [0.05, 0.1) is 0 Å². The first-order valence-corrected chi connectivity index (χ1v) is 5.71. The lowest BCUT2D eigenvalue weighted by Gasteiger charge is -2.09. The van der Waals surface area contributed by atoms with Crippen LogP contribution in [0.1, 0.15) is 25.7 Å². The van der Waals surface area contributed by atoms with Crippen molar-refractivity contribution < 1.29 is 33.0 Å². The lowest BCUT2D eigenvalue weighted by molar-refractivity contribution is -0.146. The van der Waals surface area contributed by atoms with Crippen LogP contribution < -0.4 is 10.6 Å². The topological polar surface area (TPSA) is 98.7 Å². The molecule has 0 aromatic rings. The van der Waals surface area contributed by atoms with Gasteiger partial charge in [-0.3, -0.25) is 0 Å². The van der Waals surface area contributed by atoms with Gasteiger partial charge in [0, 0.05) is 25.9 Å². The normalized spacial score (nSPS) is 12.8. The van der Waals surface area contributed by atoms with Crippen LogP contribution in [0.2, 0.25) is 0 Å². The number of hydrogen-bond acceptors (Lipinski definition) is 3. The minimum atomic E-state index is -4.19. The number of hydrogen-bond donors (Lipinski definition) is 4. The summed E-state index contributed by atoms with van der Waals surface area (Å²) >= 11 is 0. The lowest BCUT2D eigenvalue weighted by atomic mass is 10.2. The Morgan fingerprint density at radius 3 is 2.21 bits per heavy atom. The zero-order chi connectivity index (χ0) is 14.9. The third-order valence-corrected chi connectivity index (χ3v) is 2.16. The predicted octanol–water partition coefficient (Wildman–Crippen LogP) is 0.854. The van der Waals surface area contributed by atoms with Gasteiger partial charge >= 0.3 is 18.2 Å². The summed E-state index contributed by atoms with van der Waals surface area (Å²) in [4.78, 5) is 21.3. The van der Waals surface area contributed by atoms with Crippen molar-refractivity contribution in [3.63, 3.8) is 0 Å². The summed E-state index contributed by atoms with van der Waals surface area (Å²) in [6.07, 6.45) is -6.63. The van der Waals surface area contributed by atoms with Gasteiger partial charge in [0.15, 0.2) is 6.10 Å². The van der Waals surface area contributed by atoms with Crippen molar-refractivity contribution in [3.8, 4) is 0 Å². The second-order valence-electron chi connectivity index (χ2n) is 3.90. The Balaban J connectivity index is 3.48. The Kier molecular flexibility index (Phi) is 7.89. The molecule has 1 atom stereocenters. The first-order valence-electron chi connectivity index (χ1n) is 5.71. The molecule has 0 rings (SSSR count). The summed E-state index contributed by atoms with van der Waals surface area (Å²) in [6.45, 7) is 0.0608. The van der Waals surface area contributed by atoms with E-state index in [9.17, 15) is 22.8 Å². The van der Waals surface area contributed by atoms with Gasteiger partial charge in [-0.15, -0.1) is 0 Å². The van der Waals surface area contributed by atoms with Crippen molar-refractivity contribution >= 4 is 12.0 Å². The highest BCUT2D eigenvalue weighted by Crippen LogP contribution is 2.21. The van der Waals surface area contributed by atoms with Crippen LogP contribution >= 0.6 is 0 Å². The highest BCUT2D eigenvalue weighted by Gasteiger charge is 2.25. The van der Waals surface area contributed by atoms with E-state index >= 15 is 0 Å². The number of carbonyl (C=O) groups excluding carboxylic acids is 1. The number of alkyl halides is 3. The molecular weight excluding hydrogens is 269 g/mol. The van der Waals surface area contributed by atoms with E-state index in [4.69, 9.17) is 10.2 Å². The Morgan fingerprint density at radius 1 is 1.11 bits per heavy atom. The first-order chi connectivity index (χ1) is 8.72. The number of aliphatic hydroxyl groups excluding tert-OH is 1. The zero-order valence-electron chi connectivity index (χ0n) is 10.2. The summed E-state index contributed by atoms with van der Waals surface area (Å²) in [5.41, 5.74) is 0. The molecule has 0 fully saturated rings. The predicted molar refractivity (Wildman–Crippen MR) is 59.6 cm³/mol. The van der Waals surface area contributed by atoms with E-state index < -0.39 is 30.7 Å². The van der Waals surface area contributed by atoms with Crippen LogP contribution in [0.5, 0.6) is 0 Å². The molecule has 0 aliphatic carbocycles. The molecule has 6 nitrogen and oxygen atoms in total. The number of unbranched alkanes of at least 4 members (excludes halogenated alkanes) is 1. The molecule has 1 unspecified atom stereocenters. The largest absolute Gasteiger partial charge is 0.479 e. The number of carboxylic acid groups (broad SMARTS) is 1. The molecule has 2 amide bonds. The van der Waals surface area contributed by atoms with Gasteiger partial charge in [-0.1, -0.05) is 0 Å². The van der Waals surface area contributed by atoms with Gasteiger partial charge in [-0.05, 0) is 12.8 Å². The number of urea groups is 1. The second-order valence-corrected chi connectivity index (χ2v) is 3.90. The van der Waals surface area contributed by atoms with Crippen molar-refractivity contribution in [2.45, 2.75) is 38.0 Å². The van der Waals surface area contributed by atoms with Gasteiger partial charge in [-0.2, -0.15) is 13.2 Å². The smallest absolute Gasteiger partial charge is 0.389 e. The molecule has 19 heavy (non-hydrogen) atoms. The molecule has 112 valence electrons. The Morgan fingerprint density at radius 2 is 1.68 bits per heavy atom. The summed E-state index contributed by atoms with van der Waals surface area (Å²) in [7, 11) is 0. The fourth-order valence-electron chi connectivity index (χ4n) is 1.16. The van der Waals surface area contributed by atoms with Crippen LogP contribution in [0.25, 0.3) is 0 Å². The van der Waals surface area contributed by atoms with Crippen molar-refractivity contribution in [2.75, 3.05) is 13.1 Å². The zero-order valence-corrected chi connectivity index (χ0v) is 10.2. The maximum atomic E-state index is 11.8. The Hall–Kier alpha value is -1.51. The van der Waals surface area contributed by atoms with Crippen LogP contribution in [0.15, 0.2) is 0 Å². The number of halogens is 3. The highest BCUT2D eigenvalue weighted by atomic mass is 19.4. The van der Waals surface area contributed by atoms with E-state index in [1.54, 1.807) is 0 Å². The minimum absolute atomic E-state index is 0.0398. The van der Waals surface area contributed by atoms with E-state index in [1.807, 2.05) is 0 Å². The van der Waals surface area contributed by atoms with E-state index in [1.165, 1.54) is 0 Å². The van der Waals surface area contributed by atoms with E-state index in [0.717, 1.165) is 0 Å². The first kappa shape index (κ1) is 17.5. The Bertz CT molecular complexity index is 297. The number of carbonyl (C=O) groups is 2. The third kappa shape index (κ3) is 11.3. The molecule has 0 bridgehead atoms. The molecule has 0 saturated heterocycles. The summed E-state index contributed by atoms with van der Waals surface area (Å²) in [5, 5.41) is 21.8. The maximum Gasteiger partial charge on any atom is 0.389 e. The monoisotopic (exact) mass is 286 g/mol. The fraction of sp³-hybridized carbons (Fsp3) is 0.800. The average Bonchev–Trinajstić information content (AvgIpc) is 2.26. The van der Waals surface area contributed by atoms with E-state index in [2.05, 4.69) is 10.6 Å². The number of amides is 2. The van der Waals surface area contributed by atoms with E-state index in [-0.39, 0.29) is 32.4 Å². The van der Waals surface area contributed by atoms with Crippen LogP contribution in [0.4, 0.5) is 18.0 Å². The maximum absolute atomic E-state index is 11.8.